The van der Waals surface area contributed by atoms with Gasteiger partial charge in [-0.2, -0.15) is 0 Å². The molecule has 2 fully saturated rings. The monoisotopic (exact) mass is 542 g/mol. The molecule has 2 aromatic carbocycles. The molecule has 1 aliphatic carbocycles. The first-order valence-electron chi connectivity index (χ1n) is 12.0. The van der Waals surface area contributed by atoms with Crippen molar-refractivity contribution in [3.05, 3.63) is 62.7 Å². The SMILES string of the molecule is O=C(O)c1cc(Cl)c2c(c1)nc(C(=O)NC1CCN(C3CC3)CC1)n2Cc1cc2ccc(Cl)cc2s1. The van der Waals surface area contributed by atoms with Crippen LogP contribution in [-0.4, -0.2) is 56.6 Å². The van der Waals surface area contributed by atoms with Crippen LogP contribution in [0, 0.1) is 0 Å². The van der Waals surface area contributed by atoms with E-state index in [4.69, 9.17) is 23.2 Å². The number of aromatic carboxylic acids is 1. The predicted molar refractivity (Wildman–Crippen MR) is 143 cm³/mol. The topological polar surface area (TPSA) is 87.5 Å². The molecule has 1 aliphatic heterocycles. The average Bonchev–Trinajstić information content (AvgIpc) is 3.52. The van der Waals surface area contributed by atoms with Crippen molar-refractivity contribution in [1.29, 1.82) is 0 Å². The molecule has 36 heavy (non-hydrogen) atoms. The minimum atomic E-state index is -1.09. The Balaban J connectivity index is 1.34. The van der Waals surface area contributed by atoms with Gasteiger partial charge in [0.1, 0.15) is 0 Å². The third kappa shape index (κ3) is 4.59. The van der Waals surface area contributed by atoms with Crippen molar-refractivity contribution >= 4 is 67.5 Å². The number of carbonyl (C=O) groups excluding carboxylic acids is 1. The normalized spacial score (nSPS) is 17.2. The largest absolute Gasteiger partial charge is 0.478 e. The summed E-state index contributed by atoms with van der Waals surface area (Å²) in [4.78, 5) is 33.2. The van der Waals surface area contributed by atoms with Gasteiger partial charge in [-0.15, -0.1) is 11.3 Å². The molecule has 0 spiro atoms. The van der Waals surface area contributed by atoms with E-state index in [1.807, 2.05) is 18.2 Å². The molecule has 2 aliphatic rings. The summed E-state index contributed by atoms with van der Waals surface area (Å²) in [5.41, 5.74) is 0.969. The fraction of sp³-hybridized carbons (Fsp3) is 0.346. The summed E-state index contributed by atoms with van der Waals surface area (Å²) >= 11 is 14.3. The number of fused-ring (bicyclic) bond motifs is 2. The maximum Gasteiger partial charge on any atom is 0.335 e. The second-order valence-electron chi connectivity index (χ2n) is 9.56. The second-order valence-corrected chi connectivity index (χ2v) is 11.6. The quantitative estimate of drug-likeness (QED) is 0.328. The number of benzene rings is 2. The van der Waals surface area contributed by atoms with Gasteiger partial charge in [0, 0.05) is 39.8 Å². The number of piperidine rings is 1. The van der Waals surface area contributed by atoms with E-state index < -0.39 is 5.97 Å². The first kappa shape index (κ1) is 23.7. The summed E-state index contributed by atoms with van der Waals surface area (Å²) in [6.45, 7) is 2.36. The Labute approximate surface area is 221 Å². The van der Waals surface area contributed by atoms with Crippen LogP contribution in [0.1, 0.15) is 51.5 Å². The number of rotatable bonds is 6. The summed E-state index contributed by atoms with van der Waals surface area (Å²) in [6.07, 6.45) is 4.38. The van der Waals surface area contributed by atoms with Crippen LogP contribution >= 0.6 is 34.5 Å². The third-order valence-electron chi connectivity index (χ3n) is 7.02. The van der Waals surface area contributed by atoms with Crippen molar-refractivity contribution < 1.29 is 14.7 Å². The number of carboxylic acids is 1. The number of halogens is 2. The summed E-state index contributed by atoms with van der Waals surface area (Å²) in [5, 5.41) is 14.6. The molecule has 0 unspecified atom stereocenters. The van der Waals surface area contributed by atoms with Crippen molar-refractivity contribution in [1.82, 2.24) is 19.8 Å². The minimum Gasteiger partial charge on any atom is -0.478 e. The van der Waals surface area contributed by atoms with E-state index in [2.05, 4.69) is 21.3 Å². The lowest BCUT2D eigenvalue weighted by molar-refractivity contribution is 0.0696. The molecule has 1 saturated carbocycles. The Hall–Kier alpha value is -2.65. The first-order chi connectivity index (χ1) is 17.4. The predicted octanol–water partition coefficient (Wildman–Crippen LogP) is 5.66. The number of carbonyl (C=O) groups is 2. The highest BCUT2D eigenvalue weighted by Gasteiger charge is 2.33. The number of amides is 1. The lowest BCUT2D eigenvalue weighted by Gasteiger charge is -2.32. The van der Waals surface area contributed by atoms with E-state index >= 15 is 0 Å². The highest BCUT2D eigenvalue weighted by Crippen LogP contribution is 2.33. The zero-order valence-electron chi connectivity index (χ0n) is 19.3. The second kappa shape index (κ2) is 9.34. The molecule has 0 bridgehead atoms. The van der Waals surface area contributed by atoms with Crippen LogP contribution in [0.3, 0.4) is 0 Å². The number of hydrogen-bond acceptors (Lipinski definition) is 5. The van der Waals surface area contributed by atoms with Gasteiger partial charge in [0.15, 0.2) is 5.82 Å². The number of carboxylic acid groups (broad SMARTS) is 1. The Morgan fingerprint density at radius 1 is 1.08 bits per heavy atom. The third-order valence-corrected chi connectivity index (χ3v) is 8.63. The van der Waals surface area contributed by atoms with Crippen LogP contribution in [0.2, 0.25) is 10.0 Å². The molecular weight excluding hydrogens is 519 g/mol. The highest BCUT2D eigenvalue weighted by atomic mass is 35.5. The van der Waals surface area contributed by atoms with Crippen LogP contribution in [0.25, 0.3) is 21.1 Å². The number of aromatic nitrogens is 2. The number of imidazole rings is 1. The molecule has 2 N–H and O–H groups in total. The highest BCUT2D eigenvalue weighted by molar-refractivity contribution is 7.19. The van der Waals surface area contributed by atoms with Crippen molar-refractivity contribution in [3.63, 3.8) is 0 Å². The molecule has 3 heterocycles. The average molecular weight is 543 g/mol. The molecular formula is C26H24Cl2N4O3S. The molecule has 0 radical (unpaired) electrons. The maximum absolute atomic E-state index is 13.5. The smallest absolute Gasteiger partial charge is 0.335 e. The summed E-state index contributed by atoms with van der Waals surface area (Å²) in [7, 11) is 0. The van der Waals surface area contributed by atoms with Crippen molar-refractivity contribution in [2.75, 3.05) is 13.1 Å². The summed E-state index contributed by atoms with van der Waals surface area (Å²) < 4.78 is 2.85. The van der Waals surface area contributed by atoms with E-state index in [1.165, 1.54) is 25.0 Å². The van der Waals surface area contributed by atoms with Gasteiger partial charge in [0.25, 0.3) is 5.91 Å². The van der Waals surface area contributed by atoms with E-state index in [1.54, 1.807) is 15.9 Å². The van der Waals surface area contributed by atoms with E-state index in [0.29, 0.717) is 22.6 Å². The molecule has 1 saturated heterocycles. The lowest BCUT2D eigenvalue weighted by Crippen LogP contribution is -2.45. The van der Waals surface area contributed by atoms with Crippen LogP contribution < -0.4 is 5.32 Å². The fourth-order valence-electron chi connectivity index (χ4n) is 5.06. The molecule has 2 aromatic heterocycles. The molecule has 10 heteroatoms. The number of likely N-dealkylation sites (tertiary alicyclic amines) is 1. The van der Waals surface area contributed by atoms with Gasteiger partial charge < -0.3 is 19.9 Å². The first-order valence-corrected chi connectivity index (χ1v) is 13.6. The van der Waals surface area contributed by atoms with Gasteiger partial charge >= 0.3 is 5.97 Å². The van der Waals surface area contributed by atoms with E-state index in [-0.39, 0.29) is 28.4 Å². The van der Waals surface area contributed by atoms with Crippen molar-refractivity contribution in [2.24, 2.45) is 0 Å². The molecule has 7 nitrogen and oxygen atoms in total. The Morgan fingerprint density at radius 2 is 1.86 bits per heavy atom. The number of hydrogen-bond donors (Lipinski definition) is 2. The van der Waals surface area contributed by atoms with E-state index in [9.17, 15) is 14.7 Å². The van der Waals surface area contributed by atoms with E-state index in [0.717, 1.165) is 46.9 Å². The molecule has 4 aromatic rings. The molecule has 0 atom stereocenters. The maximum atomic E-state index is 13.5. The van der Waals surface area contributed by atoms with Crippen molar-refractivity contribution in [3.8, 4) is 0 Å². The number of nitrogens with one attached hydrogen (secondary N) is 1. The minimum absolute atomic E-state index is 0.0352. The Kier molecular flexibility index (Phi) is 6.16. The van der Waals surface area contributed by atoms with Crippen LogP contribution in [0.4, 0.5) is 0 Å². The summed E-state index contributed by atoms with van der Waals surface area (Å²) in [6, 6.07) is 11.5. The van der Waals surface area contributed by atoms with Crippen LogP contribution in [0.15, 0.2) is 36.4 Å². The molecule has 6 rings (SSSR count). The van der Waals surface area contributed by atoms with Gasteiger partial charge in [-0.1, -0.05) is 29.3 Å². The number of thiophene rings is 1. The molecule has 1 amide bonds. The van der Waals surface area contributed by atoms with Crippen LogP contribution in [-0.2, 0) is 6.54 Å². The summed E-state index contributed by atoms with van der Waals surface area (Å²) in [5.74, 6) is -1.13. The van der Waals surface area contributed by atoms with Gasteiger partial charge in [0.05, 0.1) is 28.2 Å². The Morgan fingerprint density at radius 3 is 2.58 bits per heavy atom. The number of nitrogens with zero attached hydrogens (tertiary/aromatic N) is 3. The van der Waals surface area contributed by atoms with Gasteiger partial charge in [0.2, 0.25) is 0 Å². The standard InChI is InChI=1S/C26H24Cl2N4O3S/c27-16-2-1-14-9-19(36-22(14)12-16)13-32-23-20(28)10-15(26(34)35)11-21(23)30-24(32)25(33)29-17-5-7-31(8-6-17)18-3-4-18/h1-2,9-12,17-18H,3-8,13H2,(H,29,33)(H,34,35). The van der Waals surface area contributed by atoms with Gasteiger partial charge in [-0.25, -0.2) is 9.78 Å². The van der Waals surface area contributed by atoms with Gasteiger partial charge in [-0.3, -0.25) is 4.79 Å². The Bertz CT molecular complexity index is 1500. The van der Waals surface area contributed by atoms with Gasteiger partial charge in [-0.05, 0) is 61.4 Å². The zero-order chi connectivity index (χ0) is 25.0. The lowest BCUT2D eigenvalue weighted by atomic mass is 10.0. The van der Waals surface area contributed by atoms with Crippen molar-refractivity contribution in [2.45, 2.75) is 44.3 Å². The molecule has 186 valence electrons. The zero-order valence-corrected chi connectivity index (χ0v) is 21.7. The van der Waals surface area contributed by atoms with Crippen LogP contribution in [0.5, 0.6) is 0 Å². The fourth-order valence-corrected chi connectivity index (χ4v) is 6.71.